The Hall–Kier alpha value is -1.59. The second-order valence-corrected chi connectivity index (χ2v) is 5.71. The van der Waals surface area contributed by atoms with E-state index in [4.69, 9.17) is 21.4 Å². The summed E-state index contributed by atoms with van der Waals surface area (Å²) in [5.41, 5.74) is 1.06. The standard InChI is InChI=1S/C13H12ClNO3S/c1-7-8(2)19-12(15-7)6-18-11-5-9(14)3-4-10(11)13(16)17/h3-5H,6H2,1-2H3,(H,16,17). The van der Waals surface area contributed by atoms with Gasteiger partial charge in [-0.25, -0.2) is 9.78 Å². The summed E-state index contributed by atoms with van der Waals surface area (Å²) >= 11 is 7.38. The molecular weight excluding hydrogens is 286 g/mol. The Labute approximate surface area is 119 Å². The topological polar surface area (TPSA) is 59.4 Å². The van der Waals surface area contributed by atoms with E-state index in [0.717, 1.165) is 15.6 Å². The van der Waals surface area contributed by atoms with Gasteiger partial charge < -0.3 is 9.84 Å². The maximum Gasteiger partial charge on any atom is 0.339 e. The molecule has 4 nitrogen and oxygen atoms in total. The molecule has 0 amide bonds. The molecule has 2 rings (SSSR count). The van der Waals surface area contributed by atoms with Gasteiger partial charge in [0.15, 0.2) is 0 Å². The Balaban J connectivity index is 2.19. The number of ether oxygens (including phenoxy) is 1. The van der Waals surface area contributed by atoms with Crippen LogP contribution in [0.25, 0.3) is 0 Å². The molecule has 0 fully saturated rings. The van der Waals surface area contributed by atoms with Gasteiger partial charge in [0.2, 0.25) is 0 Å². The van der Waals surface area contributed by atoms with Crippen molar-refractivity contribution in [1.29, 1.82) is 0 Å². The largest absolute Gasteiger partial charge is 0.485 e. The molecule has 0 aliphatic rings. The molecule has 0 radical (unpaired) electrons. The van der Waals surface area contributed by atoms with Gasteiger partial charge in [-0.05, 0) is 32.0 Å². The summed E-state index contributed by atoms with van der Waals surface area (Å²) in [6.45, 7) is 4.15. The fourth-order valence-corrected chi connectivity index (χ4v) is 2.54. The van der Waals surface area contributed by atoms with Crippen LogP contribution in [0.4, 0.5) is 0 Å². The van der Waals surface area contributed by atoms with Crippen molar-refractivity contribution in [1.82, 2.24) is 4.98 Å². The van der Waals surface area contributed by atoms with Gasteiger partial charge in [0, 0.05) is 9.90 Å². The molecular formula is C13H12ClNO3S. The highest BCUT2D eigenvalue weighted by Crippen LogP contribution is 2.25. The fourth-order valence-electron chi connectivity index (χ4n) is 1.53. The highest BCUT2D eigenvalue weighted by molar-refractivity contribution is 7.11. The van der Waals surface area contributed by atoms with Crippen molar-refractivity contribution < 1.29 is 14.6 Å². The molecule has 0 bridgehead atoms. The van der Waals surface area contributed by atoms with Gasteiger partial charge in [0.05, 0.1) is 5.69 Å². The third-order valence-electron chi connectivity index (χ3n) is 2.60. The first-order chi connectivity index (χ1) is 8.97. The lowest BCUT2D eigenvalue weighted by Gasteiger charge is -2.07. The van der Waals surface area contributed by atoms with Crippen LogP contribution in [0, 0.1) is 13.8 Å². The Morgan fingerprint density at radius 1 is 1.47 bits per heavy atom. The maximum absolute atomic E-state index is 11.1. The molecule has 1 aromatic heterocycles. The minimum absolute atomic E-state index is 0.0920. The van der Waals surface area contributed by atoms with Crippen molar-refractivity contribution in [3.05, 3.63) is 44.4 Å². The van der Waals surface area contributed by atoms with Crippen LogP contribution in [-0.4, -0.2) is 16.1 Å². The molecule has 0 spiro atoms. The first-order valence-corrected chi connectivity index (χ1v) is 6.75. The second kappa shape index (κ2) is 5.59. The molecule has 0 saturated carbocycles. The van der Waals surface area contributed by atoms with Gasteiger partial charge in [-0.2, -0.15) is 0 Å². The summed E-state index contributed by atoms with van der Waals surface area (Å²) in [6.07, 6.45) is 0. The second-order valence-electron chi connectivity index (χ2n) is 3.98. The number of aryl methyl sites for hydroxylation is 2. The highest BCUT2D eigenvalue weighted by Gasteiger charge is 2.13. The summed E-state index contributed by atoms with van der Waals surface area (Å²) in [7, 11) is 0. The van der Waals surface area contributed by atoms with Crippen LogP contribution in [0.2, 0.25) is 5.02 Å². The number of carboxylic acids is 1. The average molecular weight is 298 g/mol. The third-order valence-corrected chi connectivity index (χ3v) is 3.88. The lowest BCUT2D eigenvalue weighted by atomic mass is 10.2. The van der Waals surface area contributed by atoms with Crippen molar-refractivity contribution in [2.75, 3.05) is 0 Å². The normalized spacial score (nSPS) is 10.5. The van der Waals surface area contributed by atoms with Gasteiger partial charge >= 0.3 is 5.97 Å². The van der Waals surface area contributed by atoms with E-state index < -0.39 is 5.97 Å². The van der Waals surface area contributed by atoms with Crippen molar-refractivity contribution in [2.24, 2.45) is 0 Å². The smallest absolute Gasteiger partial charge is 0.339 e. The highest BCUT2D eigenvalue weighted by atomic mass is 35.5. The summed E-state index contributed by atoms with van der Waals surface area (Å²) in [6, 6.07) is 4.45. The lowest BCUT2D eigenvalue weighted by molar-refractivity contribution is 0.0692. The quantitative estimate of drug-likeness (QED) is 0.935. The number of rotatable bonds is 4. The van der Waals surface area contributed by atoms with Crippen LogP contribution in [0.3, 0.4) is 0 Å². The summed E-state index contributed by atoms with van der Waals surface area (Å²) in [5, 5.41) is 10.3. The number of carbonyl (C=O) groups is 1. The minimum Gasteiger partial charge on any atom is -0.485 e. The van der Waals surface area contributed by atoms with Gasteiger partial charge in [-0.1, -0.05) is 11.6 Å². The van der Waals surface area contributed by atoms with Crippen LogP contribution in [0.15, 0.2) is 18.2 Å². The van der Waals surface area contributed by atoms with Gasteiger partial charge in [0.25, 0.3) is 0 Å². The number of thiazole rings is 1. The molecule has 1 aromatic carbocycles. The van der Waals surface area contributed by atoms with Crippen LogP contribution < -0.4 is 4.74 Å². The van der Waals surface area contributed by atoms with Crippen molar-refractivity contribution in [3.63, 3.8) is 0 Å². The third kappa shape index (κ3) is 3.24. The molecule has 0 atom stereocenters. The molecule has 19 heavy (non-hydrogen) atoms. The Kier molecular flexibility index (Phi) is 4.07. The molecule has 1 N–H and O–H groups in total. The minimum atomic E-state index is -1.04. The molecule has 100 valence electrons. The van der Waals surface area contributed by atoms with E-state index in [2.05, 4.69) is 4.98 Å². The molecule has 0 unspecified atom stereocenters. The zero-order valence-corrected chi connectivity index (χ0v) is 12.0. The van der Waals surface area contributed by atoms with Crippen molar-refractivity contribution in [2.45, 2.75) is 20.5 Å². The summed E-state index contributed by atoms with van der Waals surface area (Å²) < 4.78 is 5.52. The number of halogens is 1. The average Bonchev–Trinajstić information content (AvgIpc) is 2.66. The number of carboxylic acid groups (broad SMARTS) is 1. The lowest BCUT2D eigenvalue weighted by Crippen LogP contribution is -2.03. The molecule has 0 aliphatic carbocycles. The summed E-state index contributed by atoms with van der Waals surface area (Å²) in [5.74, 6) is -0.788. The predicted molar refractivity (Wildman–Crippen MR) is 74.3 cm³/mol. The fraction of sp³-hybridized carbons (Fsp3) is 0.231. The van der Waals surface area contributed by atoms with E-state index in [0.29, 0.717) is 5.02 Å². The summed E-state index contributed by atoms with van der Waals surface area (Å²) in [4.78, 5) is 16.5. The number of aromatic nitrogens is 1. The molecule has 0 saturated heterocycles. The van der Waals surface area contributed by atoms with E-state index in [1.54, 1.807) is 0 Å². The molecule has 2 aromatic rings. The van der Waals surface area contributed by atoms with Crippen molar-refractivity contribution >= 4 is 28.9 Å². The Bertz CT molecular complexity index is 605. The maximum atomic E-state index is 11.1. The van der Waals surface area contributed by atoms with Gasteiger partial charge in [-0.3, -0.25) is 0 Å². The first kappa shape index (κ1) is 13.8. The Morgan fingerprint density at radius 3 is 2.79 bits per heavy atom. The predicted octanol–water partition coefficient (Wildman–Crippen LogP) is 3.69. The van der Waals surface area contributed by atoms with Crippen molar-refractivity contribution in [3.8, 4) is 5.75 Å². The zero-order valence-electron chi connectivity index (χ0n) is 10.4. The number of hydrogen-bond donors (Lipinski definition) is 1. The van der Waals surface area contributed by atoms with Crippen LogP contribution in [0.1, 0.15) is 25.9 Å². The molecule has 0 aliphatic heterocycles. The monoisotopic (exact) mass is 297 g/mol. The molecule has 6 heteroatoms. The van der Waals surface area contributed by atoms with E-state index in [1.165, 1.54) is 29.5 Å². The van der Waals surface area contributed by atoms with Crippen LogP contribution >= 0.6 is 22.9 Å². The number of hydrogen-bond acceptors (Lipinski definition) is 4. The van der Waals surface area contributed by atoms with Crippen LogP contribution in [-0.2, 0) is 6.61 Å². The first-order valence-electron chi connectivity index (χ1n) is 5.56. The van der Waals surface area contributed by atoms with Gasteiger partial charge in [0.1, 0.15) is 22.9 Å². The molecule has 1 heterocycles. The number of benzene rings is 1. The van der Waals surface area contributed by atoms with E-state index in [9.17, 15) is 4.79 Å². The zero-order chi connectivity index (χ0) is 14.0. The van der Waals surface area contributed by atoms with E-state index >= 15 is 0 Å². The SMILES string of the molecule is Cc1nc(COc2cc(Cl)ccc2C(=O)O)sc1C. The van der Waals surface area contributed by atoms with Crippen LogP contribution in [0.5, 0.6) is 5.75 Å². The number of nitrogens with zero attached hydrogens (tertiary/aromatic N) is 1. The van der Waals surface area contributed by atoms with Gasteiger partial charge in [-0.15, -0.1) is 11.3 Å². The van der Waals surface area contributed by atoms with E-state index in [-0.39, 0.29) is 17.9 Å². The van der Waals surface area contributed by atoms with E-state index in [1.807, 2.05) is 13.8 Å². The number of aromatic carboxylic acids is 1. The Morgan fingerprint density at radius 2 is 2.21 bits per heavy atom.